The van der Waals surface area contributed by atoms with Gasteiger partial charge in [-0.05, 0) is 54.3 Å². The normalized spacial score (nSPS) is 11.5. The lowest BCUT2D eigenvalue weighted by molar-refractivity contribution is -0.126. The van der Waals surface area contributed by atoms with Crippen molar-refractivity contribution < 1.29 is 18.7 Å². The van der Waals surface area contributed by atoms with Crippen molar-refractivity contribution >= 4 is 34.1 Å². The number of aryl methyl sites for hydroxylation is 2. The predicted molar refractivity (Wildman–Crippen MR) is 143 cm³/mol. The maximum absolute atomic E-state index is 15.4. The lowest BCUT2D eigenvalue weighted by Crippen LogP contribution is -2.20. The molecule has 0 bridgehead atoms. The number of hydrogen-bond donors (Lipinski definition) is 0. The quantitative estimate of drug-likeness (QED) is 0.226. The van der Waals surface area contributed by atoms with Crippen molar-refractivity contribution in [2.75, 3.05) is 0 Å². The number of halogens is 2. The van der Waals surface area contributed by atoms with Crippen molar-refractivity contribution in [2.24, 2.45) is 5.41 Å². The highest BCUT2D eigenvalue weighted by Gasteiger charge is 2.24. The van der Waals surface area contributed by atoms with Crippen LogP contribution in [0.25, 0.3) is 10.9 Å². The molecular weight excluding hydrogens is 491 g/mol. The molecule has 0 unspecified atom stereocenters. The summed E-state index contributed by atoms with van der Waals surface area (Å²) < 4.78 is 21.4. The Balaban J connectivity index is 1.62. The molecule has 0 aliphatic rings. The fraction of sp³-hybridized carbons (Fsp3) is 0.267. The van der Waals surface area contributed by atoms with E-state index in [1.165, 1.54) is 18.5 Å². The Morgan fingerprint density at radius 3 is 2.49 bits per heavy atom. The summed E-state index contributed by atoms with van der Waals surface area (Å²) in [6, 6.07) is 16.0. The van der Waals surface area contributed by atoms with Gasteiger partial charge in [0.05, 0.1) is 21.5 Å². The molecule has 37 heavy (non-hydrogen) atoms. The van der Waals surface area contributed by atoms with Gasteiger partial charge in [-0.3, -0.25) is 9.59 Å². The first-order valence-corrected chi connectivity index (χ1v) is 12.4. The Morgan fingerprint density at radius 2 is 1.76 bits per heavy atom. The van der Waals surface area contributed by atoms with Crippen LogP contribution in [0.4, 0.5) is 4.39 Å². The van der Waals surface area contributed by atoms with E-state index in [1.54, 1.807) is 12.1 Å². The molecule has 3 aromatic carbocycles. The number of Topliss-reactive ketones (excluding diaryl/α,β-unsaturated/α-hetero) is 2. The topological polar surface area (TPSA) is 69.2 Å². The van der Waals surface area contributed by atoms with Crippen molar-refractivity contribution in [1.29, 1.82) is 0 Å². The number of ether oxygens (including phenoxy) is 1. The van der Waals surface area contributed by atoms with E-state index in [2.05, 4.69) is 9.97 Å². The molecule has 0 saturated carbocycles. The fourth-order valence-corrected chi connectivity index (χ4v) is 4.32. The monoisotopic (exact) mass is 518 g/mol. The second kappa shape index (κ2) is 10.8. The first-order chi connectivity index (χ1) is 17.5. The van der Waals surface area contributed by atoms with Gasteiger partial charge in [0.25, 0.3) is 0 Å². The average molecular weight is 519 g/mol. The van der Waals surface area contributed by atoms with Crippen LogP contribution in [0, 0.1) is 18.2 Å². The number of aromatic nitrogens is 2. The SMILES string of the molecule is Cc1cccc(Oc2ncnc3c(CC(=O)c4c(Cl)ccc(CCC(=O)C(C)(C)C)c4F)cccc23)c1. The molecule has 0 aliphatic carbocycles. The van der Waals surface area contributed by atoms with Crippen LogP contribution in [-0.2, 0) is 17.6 Å². The van der Waals surface area contributed by atoms with E-state index >= 15 is 4.39 Å². The molecule has 4 rings (SSSR count). The maximum Gasteiger partial charge on any atom is 0.230 e. The largest absolute Gasteiger partial charge is 0.438 e. The number of benzene rings is 3. The third-order valence-electron chi connectivity index (χ3n) is 6.17. The number of ketones is 2. The molecule has 0 amide bonds. The van der Waals surface area contributed by atoms with Gasteiger partial charge >= 0.3 is 0 Å². The van der Waals surface area contributed by atoms with Crippen LogP contribution in [0.5, 0.6) is 11.6 Å². The highest BCUT2D eigenvalue weighted by Crippen LogP contribution is 2.31. The number of para-hydroxylation sites is 1. The molecule has 1 aromatic heterocycles. The zero-order valence-electron chi connectivity index (χ0n) is 21.3. The number of fused-ring (bicyclic) bond motifs is 1. The summed E-state index contributed by atoms with van der Waals surface area (Å²) in [5, 5.41) is 0.669. The molecule has 4 aromatic rings. The van der Waals surface area contributed by atoms with Gasteiger partial charge in [-0.2, -0.15) is 0 Å². The van der Waals surface area contributed by atoms with Crippen LogP contribution < -0.4 is 4.74 Å². The van der Waals surface area contributed by atoms with Gasteiger partial charge in [0, 0.05) is 18.3 Å². The Kier molecular flexibility index (Phi) is 7.69. The van der Waals surface area contributed by atoms with Crippen LogP contribution in [0.3, 0.4) is 0 Å². The number of rotatable bonds is 8. The van der Waals surface area contributed by atoms with Crippen molar-refractivity contribution in [3.63, 3.8) is 0 Å². The van der Waals surface area contributed by atoms with Crippen LogP contribution >= 0.6 is 11.6 Å². The van der Waals surface area contributed by atoms with Crippen LogP contribution in [0.1, 0.15) is 54.2 Å². The second-order valence-electron chi connectivity index (χ2n) is 10.1. The van der Waals surface area contributed by atoms with Crippen LogP contribution in [-0.4, -0.2) is 21.5 Å². The zero-order chi connectivity index (χ0) is 26.7. The van der Waals surface area contributed by atoms with Crippen molar-refractivity contribution in [3.05, 3.63) is 94.0 Å². The van der Waals surface area contributed by atoms with Crippen molar-refractivity contribution in [2.45, 2.75) is 47.0 Å². The molecule has 0 saturated heterocycles. The summed E-state index contributed by atoms with van der Waals surface area (Å²) in [5.74, 6) is -0.137. The first-order valence-electron chi connectivity index (χ1n) is 12.0. The smallest absolute Gasteiger partial charge is 0.230 e. The van der Waals surface area contributed by atoms with Gasteiger partial charge < -0.3 is 4.74 Å². The van der Waals surface area contributed by atoms with Crippen molar-refractivity contribution in [1.82, 2.24) is 9.97 Å². The predicted octanol–water partition coefficient (Wildman–Crippen LogP) is 7.50. The van der Waals surface area contributed by atoms with E-state index in [-0.39, 0.29) is 35.6 Å². The molecule has 0 aliphatic heterocycles. The number of nitrogens with zero attached hydrogens (tertiary/aromatic N) is 2. The van der Waals surface area contributed by atoms with Crippen LogP contribution in [0.15, 0.2) is 60.9 Å². The average Bonchev–Trinajstić information content (AvgIpc) is 2.83. The Hall–Kier alpha value is -3.64. The summed E-state index contributed by atoms with van der Waals surface area (Å²) in [5.41, 5.74) is 1.79. The maximum atomic E-state index is 15.4. The molecule has 5 nitrogen and oxygen atoms in total. The van der Waals surface area contributed by atoms with Crippen molar-refractivity contribution in [3.8, 4) is 11.6 Å². The third kappa shape index (κ3) is 6.03. The standard InChI is InChI=1S/C30H28ClFN2O3/c1-18-7-5-9-21(15-18)37-29-22-10-6-8-20(28(22)33-17-34-29)16-24(35)26-23(31)13-11-19(27(26)32)12-14-25(36)30(2,3)4/h5-11,13,15,17H,12,14,16H2,1-4H3. The van der Waals surface area contributed by atoms with E-state index in [0.29, 0.717) is 33.7 Å². The third-order valence-corrected chi connectivity index (χ3v) is 6.49. The van der Waals surface area contributed by atoms with Gasteiger partial charge in [-0.1, -0.05) is 62.7 Å². The minimum Gasteiger partial charge on any atom is -0.438 e. The van der Waals surface area contributed by atoms with Gasteiger partial charge in [0.15, 0.2) is 5.78 Å². The van der Waals surface area contributed by atoms with Gasteiger partial charge in [0.2, 0.25) is 5.88 Å². The van der Waals surface area contributed by atoms with E-state index in [4.69, 9.17) is 16.3 Å². The van der Waals surface area contributed by atoms with E-state index in [1.807, 2.05) is 58.0 Å². The molecule has 7 heteroatoms. The molecule has 0 spiro atoms. The summed E-state index contributed by atoms with van der Waals surface area (Å²) in [6.07, 6.45) is 1.64. The summed E-state index contributed by atoms with van der Waals surface area (Å²) in [4.78, 5) is 34.3. The molecule has 190 valence electrons. The number of carbonyl (C=O) groups excluding carboxylic acids is 2. The lowest BCUT2D eigenvalue weighted by atomic mass is 9.87. The highest BCUT2D eigenvalue weighted by molar-refractivity contribution is 6.34. The molecular formula is C30H28ClFN2O3. The molecule has 0 fully saturated rings. The molecule has 0 atom stereocenters. The second-order valence-corrected chi connectivity index (χ2v) is 10.5. The first kappa shape index (κ1) is 26.4. The Morgan fingerprint density at radius 1 is 1.00 bits per heavy atom. The van der Waals surface area contributed by atoms with Crippen LogP contribution in [0.2, 0.25) is 5.02 Å². The summed E-state index contributed by atoms with van der Waals surface area (Å²) >= 11 is 6.27. The highest BCUT2D eigenvalue weighted by atomic mass is 35.5. The molecule has 1 heterocycles. The minimum atomic E-state index is -0.683. The molecule has 0 radical (unpaired) electrons. The summed E-state index contributed by atoms with van der Waals surface area (Å²) in [7, 11) is 0. The van der Waals surface area contributed by atoms with Gasteiger partial charge in [-0.15, -0.1) is 0 Å². The fourth-order valence-electron chi connectivity index (χ4n) is 4.07. The number of carbonyl (C=O) groups is 2. The summed E-state index contributed by atoms with van der Waals surface area (Å²) in [6.45, 7) is 7.45. The molecule has 0 N–H and O–H groups in total. The number of hydrogen-bond acceptors (Lipinski definition) is 5. The van der Waals surface area contributed by atoms with E-state index in [9.17, 15) is 9.59 Å². The Labute approximate surface area is 220 Å². The van der Waals surface area contributed by atoms with Gasteiger partial charge in [0.1, 0.15) is 23.7 Å². The van der Waals surface area contributed by atoms with E-state index < -0.39 is 17.0 Å². The zero-order valence-corrected chi connectivity index (χ0v) is 22.0. The minimum absolute atomic E-state index is 0.0221. The van der Waals surface area contributed by atoms with E-state index in [0.717, 1.165) is 5.56 Å². The Bertz CT molecular complexity index is 1490. The lowest BCUT2D eigenvalue weighted by Gasteiger charge is -2.17. The van der Waals surface area contributed by atoms with Gasteiger partial charge in [-0.25, -0.2) is 14.4 Å².